The second-order valence-corrected chi connectivity index (χ2v) is 14.0. The monoisotopic (exact) mass is 814 g/mol. The third-order valence-corrected chi connectivity index (χ3v) is 10.3. The van der Waals surface area contributed by atoms with Crippen molar-refractivity contribution in [3.8, 4) is 33.4 Å². The molecule has 0 N–H and O–H groups in total. The molecule has 316 valence electrons. The summed E-state index contributed by atoms with van der Waals surface area (Å²) in [6, 6.07) is 43.5. The van der Waals surface area contributed by atoms with Gasteiger partial charge in [-0.05, 0) is 124 Å². The van der Waals surface area contributed by atoms with E-state index in [1.165, 1.54) is 50.1 Å². The zero-order valence-electron chi connectivity index (χ0n) is 39.0. The van der Waals surface area contributed by atoms with E-state index in [-0.39, 0.29) is 0 Å². The summed E-state index contributed by atoms with van der Waals surface area (Å²) in [7, 11) is 0. The summed E-state index contributed by atoms with van der Waals surface area (Å²) in [5.41, 5.74) is 20.0. The van der Waals surface area contributed by atoms with Gasteiger partial charge < -0.3 is 0 Å². The van der Waals surface area contributed by atoms with Crippen molar-refractivity contribution in [1.29, 1.82) is 0 Å². The van der Waals surface area contributed by atoms with Gasteiger partial charge in [-0.25, -0.2) is 4.99 Å². The highest BCUT2D eigenvalue weighted by Crippen LogP contribution is 2.35. The van der Waals surface area contributed by atoms with Crippen LogP contribution in [0.15, 0.2) is 189 Å². The summed E-state index contributed by atoms with van der Waals surface area (Å²) in [6.45, 7) is 36.6. The molecule has 0 amide bonds. The van der Waals surface area contributed by atoms with E-state index in [2.05, 4.69) is 187 Å². The fourth-order valence-electron chi connectivity index (χ4n) is 6.94. The van der Waals surface area contributed by atoms with Crippen molar-refractivity contribution in [2.75, 3.05) is 0 Å². The van der Waals surface area contributed by atoms with E-state index in [4.69, 9.17) is 4.99 Å². The molecule has 0 aliphatic carbocycles. The molecule has 0 heterocycles. The predicted molar refractivity (Wildman–Crippen MR) is 281 cm³/mol. The second kappa shape index (κ2) is 25.7. The zero-order chi connectivity index (χ0) is 45.6. The third kappa shape index (κ3) is 12.8. The van der Waals surface area contributed by atoms with E-state index in [1.807, 2.05) is 78.0 Å². The van der Waals surface area contributed by atoms with Crippen LogP contribution in [0.5, 0.6) is 0 Å². The number of allylic oxidation sites excluding steroid dienone is 6. The minimum Gasteiger partial charge on any atom is -0.248 e. The summed E-state index contributed by atoms with van der Waals surface area (Å²) in [4.78, 5) is 5.23. The molecule has 0 fully saturated rings. The Bertz CT molecular complexity index is 2460. The highest BCUT2D eigenvalue weighted by molar-refractivity contribution is 6.15. The van der Waals surface area contributed by atoms with Crippen LogP contribution in [0.1, 0.15) is 97.2 Å². The molecule has 0 saturated heterocycles. The Kier molecular flexibility index (Phi) is 20.5. The molecule has 6 aromatic rings. The molecule has 1 heteroatoms. The number of aliphatic imine (C=N–C) groups is 1. The smallest absolute Gasteiger partial charge is 0.0784 e. The number of hydrogen-bond donors (Lipinski definition) is 0. The SMILES string of the molecule is C=C/C=C\c1ccc(-c2cc(-c3ccc(C(=C)N=C(c4ccccc4)c4ccc(/C=C\C=C)c(C)c4C)cc3)cc(-c3ccc(/C=C\C=C)c(C)c3)c2)cc1C.CC.CC.CC. The average Bonchev–Trinajstić information content (AvgIpc) is 3.32. The van der Waals surface area contributed by atoms with Crippen LogP contribution in [0.3, 0.4) is 0 Å². The van der Waals surface area contributed by atoms with Crippen LogP contribution in [0.2, 0.25) is 0 Å². The van der Waals surface area contributed by atoms with E-state index in [0.717, 1.165) is 44.7 Å². The molecular weight excluding hydrogens is 747 g/mol. The maximum Gasteiger partial charge on any atom is 0.0784 e. The first-order chi connectivity index (χ1) is 30.2. The minimum atomic E-state index is 0.708. The summed E-state index contributed by atoms with van der Waals surface area (Å²) in [5.74, 6) is 0. The van der Waals surface area contributed by atoms with Crippen LogP contribution >= 0.6 is 0 Å². The molecule has 0 aliphatic rings. The Hall–Kier alpha value is -6.83. The molecule has 0 unspecified atom stereocenters. The molecule has 1 nitrogen and oxygen atoms in total. The Morgan fingerprint density at radius 2 is 0.839 bits per heavy atom. The highest BCUT2D eigenvalue weighted by atomic mass is 14.8. The second-order valence-electron chi connectivity index (χ2n) is 14.0. The van der Waals surface area contributed by atoms with Crippen LogP contribution < -0.4 is 0 Å². The lowest BCUT2D eigenvalue weighted by molar-refractivity contribution is 1.30. The van der Waals surface area contributed by atoms with Crippen molar-refractivity contribution in [2.24, 2.45) is 4.99 Å². The van der Waals surface area contributed by atoms with Crippen molar-refractivity contribution in [3.63, 3.8) is 0 Å². The molecule has 0 aliphatic heterocycles. The summed E-state index contributed by atoms with van der Waals surface area (Å²) >= 11 is 0. The first-order valence-electron chi connectivity index (χ1n) is 22.0. The Morgan fingerprint density at radius 1 is 0.419 bits per heavy atom. The Labute approximate surface area is 375 Å². The molecule has 6 aromatic carbocycles. The third-order valence-electron chi connectivity index (χ3n) is 10.3. The number of rotatable bonds is 13. The van der Waals surface area contributed by atoms with Crippen molar-refractivity contribution < 1.29 is 0 Å². The van der Waals surface area contributed by atoms with Crippen LogP contribution in [-0.2, 0) is 0 Å². The maximum atomic E-state index is 5.23. The van der Waals surface area contributed by atoms with Gasteiger partial charge in [-0.1, -0.05) is 226 Å². The van der Waals surface area contributed by atoms with Crippen molar-refractivity contribution >= 4 is 29.6 Å². The van der Waals surface area contributed by atoms with Crippen molar-refractivity contribution in [3.05, 3.63) is 240 Å². The fourth-order valence-corrected chi connectivity index (χ4v) is 6.94. The lowest BCUT2D eigenvalue weighted by Crippen LogP contribution is -2.08. The van der Waals surface area contributed by atoms with Gasteiger partial charge in [0.2, 0.25) is 0 Å². The van der Waals surface area contributed by atoms with Crippen LogP contribution in [0.4, 0.5) is 0 Å². The Morgan fingerprint density at radius 3 is 1.29 bits per heavy atom. The van der Waals surface area contributed by atoms with Gasteiger partial charge in [-0.2, -0.15) is 0 Å². The lowest BCUT2D eigenvalue weighted by atomic mass is 9.91. The van der Waals surface area contributed by atoms with E-state index >= 15 is 0 Å². The van der Waals surface area contributed by atoms with E-state index in [1.54, 1.807) is 6.08 Å². The van der Waals surface area contributed by atoms with Crippen LogP contribution in [0, 0.1) is 27.7 Å². The minimum absolute atomic E-state index is 0.708. The van der Waals surface area contributed by atoms with Crippen molar-refractivity contribution in [1.82, 2.24) is 0 Å². The summed E-state index contributed by atoms with van der Waals surface area (Å²) < 4.78 is 0. The topological polar surface area (TPSA) is 12.4 Å². The Balaban J connectivity index is 0.00000163. The summed E-state index contributed by atoms with van der Waals surface area (Å²) in [5, 5.41) is 0. The maximum absolute atomic E-state index is 5.23. The summed E-state index contributed by atoms with van der Waals surface area (Å²) in [6.07, 6.45) is 17.6. The molecule has 0 saturated carbocycles. The molecule has 0 spiro atoms. The first kappa shape index (κ1) is 49.5. The normalized spacial score (nSPS) is 10.9. The molecule has 6 rings (SSSR count). The quantitative estimate of drug-likeness (QED) is 0.0814. The van der Waals surface area contributed by atoms with E-state index < -0.39 is 0 Å². The van der Waals surface area contributed by atoms with Gasteiger partial charge in [0.15, 0.2) is 0 Å². The van der Waals surface area contributed by atoms with E-state index in [0.29, 0.717) is 5.70 Å². The van der Waals surface area contributed by atoms with E-state index in [9.17, 15) is 0 Å². The van der Waals surface area contributed by atoms with Gasteiger partial charge in [-0.3, -0.25) is 0 Å². The lowest BCUT2D eigenvalue weighted by Gasteiger charge is -2.16. The van der Waals surface area contributed by atoms with Gasteiger partial charge in [-0.15, -0.1) is 0 Å². The van der Waals surface area contributed by atoms with Gasteiger partial charge in [0, 0.05) is 11.1 Å². The average molecular weight is 814 g/mol. The standard InChI is InChI=1S/C55H49N.3C2H6/c1-9-12-18-43-23-29-49(33-38(43)4)52-35-51(36-53(37-52)50-30-24-44(19-13-10-2)39(5)34-50)47-27-25-46(26-28-47)42(8)56-55(48-21-16-15-17-22-48)54-32-31-45(20-14-11-3)40(6)41(54)7;3*1-2/h9-37H,1-3,8H2,4-7H3;3*1-2H3/b18-12-,19-13-,20-14-,56-55?;;;. The highest BCUT2D eigenvalue weighted by Gasteiger charge is 2.15. The van der Waals surface area contributed by atoms with Gasteiger partial charge in [0.25, 0.3) is 0 Å². The molecule has 0 bridgehead atoms. The number of hydrogen-bond acceptors (Lipinski definition) is 1. The number of benzene rings is 6. The molecule has 0 atom stereocenters. The van der Waals surface area contributed by atoms with Crippen LogP contribution in [-0.4, -0.2) is 5.71 Å². The largest absolute Gasteiger partial charge is 0.248 e. The van der Waals surface area contributed by atoms with Crippen LogP contribution in [0.25, 0.3) is 57.3 Å². The zero-order valence-corrected chi connectivity index (χ0v) is 39.0. The molecule has 0 aromatic heterocycles. The first-order valence-corrected chi connectivity index (χ1v) is 22.0. The number of aryl methyl sites for hydroxylation is 2. The van der Waals surface area contributed by atoms with Gasteiger partial charge in [0.05, 0.1) is 11.4 Å². The van der Waals surface area contributed by atoms with Gasteiger partial charge >= 0.3 is 0 Å². The molecule has 0 radical (unpaired) electrons. The van der Waals surface area contributed by atoms with Gasteiger partial charge in [0.1, 0.15) is 0 Å². The fraction of sp³-hybridized carbons (Fsp3) is 0.164. The molecule has 62 heavy (non-hydrogen) atoms. The number of nitrogens with zero attached hydrogens (tertiary/aromatic N) is 1. The predicted octanol–water partition coefficient (Wildman–Crippen LogP) is 18.1. The molecular formula is C61H67N. The van der Waals surface area contributed by atoms with Crippen molar-refractivity contribution in [2.45, 2.75) is 69.2 Å².